The van der Waals surface area contributed by atoms with Gasteiger partial charge in [-0.15, -0.1) is 0 Å². The van der Waals surface area contributed by atoms with E-state index in [4.69, 9.17) is 32.7 Å². The zero-order valence-corrected chi connectivity index (χ0v) is 15.8. The monoisotopic (exact) mass is 425 g/mol. The van der Waals surface area contributed by atoms with Crippen LogP contribution in [0.2, 0.25) is 10.2 Å². The van der Waals surface area contributed by atoms with Gasteiger partial charge in [0.15, 0.2) is 5.82 Å². The first-order valence-corrected chi connectivity index (χ1v) is 9.13. The minimum atomic E-state index is -0.765. The van der Waals surface area contributed by atoms with Crippen molar-refractivity contribution in [3.63, 3.8) is 0 Å². The standard InChI is InChI=1S/C18H14Cl2FN3O4/c19-10-3-1-9(2-4-10)18(26)28-12-5-14(27-13(12)7-25)24-6-11(21)15-16(20)22-8-23-17(15)24/h1-4,6,8,12-14,25H,5,7H2/t12-,13+,14+/m0/s1. The highest BCUT2D eigenvalue weighted by atomic mass is 35.5. The summed E-state index contributed by atoms with van der Waals surface area (Å²) in [5, 5.41) is 10.2. The Morgan fingerprint density at radius 1 is 1.32 bits per heavy atom. The Hall–Kier alpha value is -2.26. The van der Waals surface area contributed by atoms with E-state index in [1.54, 1.807) is 24.3 Å². The van der Waals surface area contributed by atoms with Crippen molar-refractivity contribution in [1.29, 1.82) is 0 Å². The van der Waals surface area contributed by atoms with Gasteiger partial charge in [-0.3, -0.25) is 0 Å². The fraction of sp³-hybridized carbons (Fsp3) is 0.278. The van der Waals surface area contributed by atoms with Gasteiger partial charge >= 0.3 is 5.97 Å². The number of aliphatic hydroxyl groups excluding tert-OH is 1. The summed E-state index contributed by atoms with van der Waals surface area (Å²) in [4.78, 5) is 20.2. The molecule has 1 aromatic carbocycles. The molecule has 3 atom stereocenters. The predicted octanol–water partition coefficient (Wildman–Crippen LogP) is 3.38. The van der Waals surface area contributed by atoms with E-state index in [1.807, 2.05) is 0 Å². The van der Waals surface area contributed by atoms with Crippen molar-refractivity contribution < 1.29 is 23.8 Å². The number of aromatic nitrogens is 3. The van der Waals surface area contributed by atoms with E-state index in [0.717, 1.165) is 0 Å². The molecule has 1 fully saturated rings. The van der Waals surface area contributed by atoms with Crippen LogP contribution in [0.3, 0.4) is 0 Å². The lowest BCUT2D eigenvalue weighted by atomic mass is 10.1. The summed E-state index contributed by atoms with van der Waals surface area (Å²) in [6, 6.07) is 6.24. The van der Waals surface area contributed by atoms with Crippen LogP contribution in [-0.2, 0) is 9.47 Å². The smallest absolute Gasteiger partial charge is 0.338 e. The molecule has 1 N–H and O–H groups in total. The molecule has 4 rings (SSSR count). The molecule has 10 heteroatoms. The van der Waals surface area contributed by atoms with Gasteiger partial charge in [0.05, 0.1) is 17.6 Å². The maximum absolute atomic E-state index is 14.3. The second kappa shape index (κ2) is 7.63. The van der Waals surface area contributed by atoms with Crippen molar-refractivity contribution in [1.82, 2.24) is 14.5 Å². The molecule has 3 heterocycles. The molecule has 28 heavy (non-hydrogen) atoms. The summed E-state index contributed by atoms with van der Waals surface area (Å²) in [5.41, 5.74) is 0.574. The van der Waals surface area contributed by atoms with Crippen LogP contribution in [0.5, 0.6) is 0 Å². The number of benzene rings is 1. The SMILES string of the molecule is O=C(O[C@H]1C[C@H](n2cc(F)c3c(Cl)ncnc32)O[C@@H]1CO)c1ccc(Cl)cc1. The number of rotatable bonds is 4. The number of aliphatic hydroxyl groups is 1. The van der Waals surface area contributed by atoms with Crippen LogP contribution >= 0.6 is 23.2 Å². The third kappa shape index (κ3) is 3.44. The van der Waals surface area contributed by atoms with Crippen molar-refractivity contribution in [2.75, 3.05) is 6.61 Å². The lowest BCUT2D eigenvalue weighted by Gasteiger charge is -2.16. The Morgan fingerprint density at radius 3 is 2.79 bits per heavy atom. The average molecular weight is 426 g/mol. The van der Waals surface area contributed by atoms with Crippen LogP contribution in [0.1, 0.15) is 23.0 Å². The van der Waals surface area contributed by atoms with Gasteiger partial charge in [0.25, 0.3) is 0 Å². The summed E-state index contributed by atoms with van der Waals surface area (Å²) in [6.07, 6.45) is 0.438. The molecule has 0 aliphatic carbocycles. The Balaban J connectivity index is 1.57. The molecule has 0 bridgehead atoms. The summed E-state index contributed by atoms with van der Waals surface area (Å²) >= 11 is 11.8. The van der Waals surface area contributed by atoms with Crippen molar-refractivity contribution in [3.05, 3.63) is 58.3 Å². The third-order valence-electron chi connectivity index (χ3n) is 4.53. The molecule has 0 radical (unpaired) electrons. The Labute approximate surface area is 168 Å². The fourth-order valence-electron chi connectivity index (χ4n) is 3.17. The lowest BCUT2D eigenvalue weighted by molar-refractivity contribution is -0.0499. The molecule has 0 unspecified atom stereocenters. The Bertz CT molecular complexity index is 1030. The molecular formula is C18H14Cl2FN3O4. The molecule has 1 saturated heterocycles. The maximum atomic E-state index is 14.3. The van der Waals surface area contributed by atoms with Gasteiger partial charge in [-0.2, -0.15) is 0 Å². The molecule has 1 aliphatic rings. The van der Waals surface area contributed by atoms with E-state index in [2.05, 4.69) is 9.97 Å². The molecule has 3 aromatic rings. The van der Waals surface area contributed by atoms with Gasteiger partial charge in [-0.25, -0.2) is 19.2 Å². The van der Waals surface area contributed by atoms with E-state index in [0.29, 0.717) is 10.6 Å². The summed E-state index contributed by atoms with van der Waals surface area (Å²) < 4.78 is 27.0. The maximum Gasteiger partial charge on any atom is 0.338 e. The Kier molecular flexibility index (Phi) is 5.20. The van der Waals surface area contributed by atoms with Gasteiger partial charge in [0.2, 0.25) is 0 Å². The number of ether oxygens (including phenoxy) is 2. The van der Waals surface area contributed by atoms with E-state index in [1.165, 1.54) is 17.1 Å². The Morgan fingerprint density at radius 2 is 2.07 bits per heavy atom. The van der Waals surface area contributed by atoms with Crippen LogP contribution < -0.4 is 0 Å². The molecule has 1 aliphatic heterocycles. The van der Waals surface area contributed by atoms with Gasteiger partial charge < -0.3 is 19.1 Å². The first-order chi connectivity index (χ1) is 13.5. The minimum absolute atomic E-state index is 0.0105. The van der Waals surface area contributed by atoms with Gasteiger partial charge in [-0.1, -0.05) is 23.2 Å². The van der Waals surface area contributed by atoms with E-state index >= 15 is 0 Å². The number of hydrogen-bond donors (Lipinski definition) is 1. The van der Waals surface area contributed by atoms with E-state index in [-0.39, 0.29) is 29.2 Å². The van der Waals surface area contributed by atoms with Crippen LogP contribution in [0.15, 0.2) is 36.8 Å². The highest BCUT2D eigenvalue weighted by Crippen LogP contribution is 2.35. The second-order valence-electron chi connectivity index (χ2n) is 6.25. The number of fused-ring (bicyclic) bond motifs is 1. The van der Waals surface area contributed by atoms with Crippen molar-refractivity contribution in [2.24, 2.45) is 0 Å². The largest absolute Gasteiger partial charge is 0.456 e. The average Bonchev–Trinajstić information content (AvgIpc) is 3.23. The lowest BCUT2D eigenvalue weighted by Crippen LogP contribution is -2.30. The number of hydrogen-bond acceptors (Lipinski definition) is 6. The molecule has 0 saturated carbocycles. The molecular weight excluding hydrogens is 412 g/mol. The summed E-state index contributed by atoms with van der Waals surface area (Å²) in [7, 11) is 0. The minimum Gasteiger partial charge on any atom is -0.456 e. The molecule has 0 spiro atoms. The number of carbonyl (C=O) groups is 1. The summed E-state index contributed by atoms with van der Waals surface area (Å²) in [6.45, 7) is -0.369. The first-order valence-electron chi connectivity index (χ1n) is 8.37. The highest BCUT2D eigenvalue weighted by molar-refractivity contribution is 6.34. The van der Waals surface area contributed by atoms with Crippen molar-refractivity contribution >= 4 is 40.2 Å². The van der Waals surface area contributed by atoms with Crippen molar-refractivity contribution in [3.8, 4) is 0 Å². The van der Waals surface area contributed by atoms with Crippen molar-refractivity contribution in [2.45, 2.75) is 24.9 Å². The number of esters is 1. The van der Waals surface area contributed by atoms with Crippen LogP contribution in [-0.4, -0.2) is 44.4 Å². The van der Waals surface area contributed by atoms with Crippen LogP contribution in [0, 0.1) is 5.82 Å². The fourth-order valence-corrected chi connectivity index (χ4v) is 3.52. The topological polar surface area (TPSA) is 86.5 Å². The molecule has 7 nitrogen and oxygen atoms in total. The number of halogens is 3. The first kappa shape index (κ1) is 19.1. The van der Waals surface area contributed by atoms with Gasteiger partial charge in [-0.05, 0) is 24.3 Å². The third-order valence-corrected chi connectivity index (χ3v) is 5.06. The summed E-state index contributed by atoms with van der Waals surface area (Å²) in [5.74, 6) is -1.16. The molecule has 146 valence electrons. The van der Waals surface area contributed by atoms with Gasteiger partial charge in [0.1, 0.15) is 35.6 Å². The zero-order chi connectivity index (χ0) is 19.8. The highest BCUT2D eigenvalue weighted by Gasteiger charge is 2.39. The normalized spacial score (nSPS) is 21.9. The van der Waals surface area contributed by atoms with Gasteiger partial charge in [0, 0.05) is 17.6 Å². The molecule has 2 aromatic heterocycles. The van der Waals surface area contributed by atoms with E-state index in [9.17, 15) is 14.3 Å². The zero-order valence-electron chi connectivity index (χ0n) is 14.3. The van der Waals surface area contributed by atoms with Crippen LogP contribution in [0.25, 0.3) is 11.0 Å². The van der Waals surface area contributed by atoms with Crippen LogP contribution in [0.4, 0.5) is 4.39 Å². The predicted molar refractivity (Wildman–Crippen MR) is 98.8 cm³/mol. The second-order valence-corrected chi connectivity index (χ2v) is 7.04. The van der Waals surface area contributed by atoms with E-state index < -0.39 is 30.2 Å². The number of carbonyl (C=O) groups excluding carboxylic acids is 1. The quantitative estimate of drug-likeness (QED) is 0.509. The number of nitrogens with zero attached hydrogens (tertiary/aromatic N) is 3. The molecule has 0 amide bonds.